The zero-order chi connectivity index (χ0) is 55.9. The molecule has 0 fully saturated rings. The summed E-state index contributed by atoms with van der Waals surface area (Å²) in [7, 11) is -4.17. The number of hydrogen-bond acceptors (Lipinski definition) is 10. The van der Waals surface area contributed by atoms with Crippen molar-refractivity contribution < 1.29 is 46.6 Å². The van der Waals surface area contributed by atoms with E-state index in [2.05, 4.69) is 20.8 Å². The van der Waals surface area contributed by atoms with E-state index in [-0.39, 0.29) is 0 Å². The van der Waals surface area contributed by atoms with Crippen molar-refractivity contribution in [3.8, 4) is 0 Å². The molecule has 0 saturated carbocycles. The summed E-state index contributed by atoms with van der Waals surface area (Å²) < 4.78 is 66.6. The number of phosphoric acid groups is 1. The third-order valence-corrected chi connectivity index (χ3v) is 16.7. The lowest BCUT2D eigenvalue weighted by molar-refractivity contribution is -0.156. The molecule has 0 aromatic heterocycles. The maximum absolute atomic E-state index is 14.1. The van der Waals surface area contributed by atoms with Gasteiger partial charge in [0.2, 0.25) is 0 Å². The topological polar surface area (TPSA) is 100 Å². The van der Waals surface area contributed by atoms with E-state index in [0.29, 0.717) is 59.5 Å². The minimum absolute atomic E-state index is 0.297. The second kappa shape index (κ2) is 65.0. The smallest absolute Gasteiger partial charge is 0.379 e. The third kappa shape index (κ3) is 63.3. The quantitative estimate of drug-likeness (QED) is 0.0332. The lowest BCUT2D eigenvalue weighted by Gasteiger charge is -2.26. The van der Waals surface area contributed by atoms with Gasteiger partial charge in [-0.3, -0.25) is 13.6 Å². The molecule has 0 amide bonds. The van der Waals surface area contributed by atoms with Crippen molar-refractivity contribution in [3.63, 3.8) is 0 Å². The molecule has 0 N–H and O–H groups in total. The van der Waals surface area contributed by atoms with Crippen LogP contribution in [0.25, 0.3) is 0 Å². The number of hydrogen-bond donors (Lipinski definition) is 0. The van der Waals surface area contributed by atoms with E-state index in [1.807, 2.05) is 0 Å². The van der Waals surface area contributed by atoms with Crippen molar-refractivity contribution in [1.82, 2.24) is 0 Å². The SMILES string of the molecule is CCCCCCCCCCCCCCCCCCOCCOC(C)OP(=O)(OC(C)OCCOCCCCCCCCCCCCCCCCCC)OC(C)OCCOCCCCCCCCCCCCCCCCCC. The number of rotatable bonds is 69. The van der Waals surface area contributed by atoms with Crippen LogP contribution in [0.5, 0.6) is 0 Å². The first kappa shape index (κ1) is 76.9. The molecule has 0 aliphatic carbocycles. The summed E-state index contributed by atoms with van der Waals surface area (Å²) in [6, 6.07) is 0. The maximum Gasteiger partial charge on any atom is 0.481 e. The fourth-order valence-corrected chi connectivity index (χ4v) is 11.5. The Morgan fingerprint density at radius 2 is 0.377 bits per heavy atom. The van der Waals surface area contributed by atoms with Crippen molar-refractivity contribution in [2.45, 2.75) is 369 Å². The van der Waals surface area contributed by atoms with Gasteiger partial charge in [0.15, 0.2) is 18.9 Å². The van der Waals surface area contributed by atoms with Crippen LogP contribution in [-0.2, 0) is 46.6 Å². The van der Waals surface area contributed by atoms with Crippen molar-refractivity contribution in [2.75, 3.05) is 59.5 Å². The van der Waals surface area contributed by atoms with Crippen LogP contribution in [0.1, 0.15) is 350 Å². The molecule has 0 bridgehead atoms. The molecule has 0 rings (SSSR count). The summed E-state index contributed by atoms with van der Waals surface area (Å²) in [6.07, 6.45) is 62.1. The fourth-order valence-electron chi connectivity index (χ4n) is 10.1. The molecule has 3 unspecified atom stereocenters. The zero-order valence-corrected chi connectivity index (χ0v) is 53.5. The minimum atomic E-state index is -4.17. The Balaban J connectivity index is 4.38. The second-order valence-electron chi connectivity index (χ2n) is 22.8. The Morgan fingerprint density at radius 3 is 0.545 bits per heavy atom. The molecular weight excluding hydrogens is 984 g/mol. The van der Waals surface area contributed by atoms with E-state index in [4.69, 9.17) is 42.0 Å². The second-order valence-corrected chi connectivity index (χ2v) is 24.4. The van der Waals surface area contributed by atoms with Gasteiger partial charge in [-0.15, -0.1) is 0 Å². The molecule has 0 radical (unpaired) electrons. The standard InChI is InChI=1S/C66H135O10P/c1-7-10-13-16-19-22-25-28-31-34-37-40-43-46-49-52-55-68-58-61-71-64(4)74-77(67,75-65(5)72-62-59-69-56-53-50-47-44-41-38-35-32-29-26-23-20-17-14-11-8-2)76-66(6)73-63-60-70-57-54-51-48-45-42-39-36-33-30-27-24-21-18-15-12-9-3/h64-66H,7-63H2,1-6H3. The monoisotopic (exact) mass is 1120 g/mol. The number of unbranched alkanes of at least 4 members (excludes halogenated alkanes) is 45. The van der Waals surface area contributed by atoms with E-state index in [1.54, 1.807) is 20.8 Å². The van der Waals surface area contributed by atoms with Crippen molar-refractivity contribution in [1.29, 1.82) is 0 Å². The molecule has 0 aromatic carbocycles. The van der Waals surface area contributed by atoms with E-state index < -0.39 is 26.7 Å². The summed E-state index contributed by atoms with van der Waals surface area (Å²) in [4.78, 5) is 0. The van der Waals surface area contributed by atoms with Gasteiger partial charge in [-0.05, 0) is 40.0 Å². The zero-order valence-electron chi connectivity index (χ0n) is 52.6. The third-order valence-electron chi connectivity index (χ3n) is 15.0. The molecule has 0 aromatic rings. The largest absolute Gasteiger partial charge is 0.481 e. The molecule has 0 aliphatic rings. The number of ether oxygens (including phenoxy) is 6. The van der Waals surface area contributed by atoms with Crippen LogP contribution in [-0.4, -0.2) is 78.3 Å². The van der Waals surface area contributed by atoms with Gasteiger partial charge in [0.1, 0.15) is 0 Å². The molecule has 11 heteroatoms. The van der Waals surface area contributed by atoms with Gasteiger partial charge in [0.05, 0.1) is 39.6 Å². The first-order valence-corrected chi connectivity index (χ1v) is 35.6. The van der Waals surface area contributed by atoms with E-state index >= 15 is 0 Å². The van der Waals surface area contributed by atoms with Crippen LogP contribution in [0, 0.1) is 0 Å². The Bertz CT molecular complexity index is 1000. The summed E-state index contributed by atoms with van der Waals surface area (Å²) in [5.74, 6) is 0. The molecule has 0 spiro atoms. The molecular formula is C66H135O10P. The van der Waals surface area contributed by atoms with Gasteiger partial charge in [-0.25, -0.2) is 4.57 Å². The van der Waals surface area contributed by atoms with Crippen LogP contribution in [0.15, 0.2) is 0 Å². The van der Waals surface area contributed by atoms with Crippen molar-refractivity contribution in [2.24, 2.45) is 0 Å². The molecule has 10 nitrogen and oxygen atoms in total. The summed E-state index contributed by atoms with van der Waals surface area (Å²) >= 11 is 0. The predicted octanol–water partition coefficient (Wildman–Crippen LogP) is 22.1. The number of phosphoric ester groups is 1. The summed E-state index contributed by atoms with van der Waals surface area (Å²) in [5.41, 5.74) is 0. The molecule has 0 saturated heterocycles. The maximum atomic E-state index is 14.1. The van der Waals surface area contributed by atoms with Crippen LogP contribution in [0.2, 0.25) is 0 Å². The normalized spacial score (nSPS) is 13.9. The Kier molecular flexibility index (Phi) is 64.9. The van der Waals surface area contributed by atoms with Crippen molar-refractivity contribution >= 4 is 7.82 Å². The van der Waals surface area contributed by atoms with Gasteiger partial charge in [0, 0.05) is 19.8 Å². The first-order valence-electron chi connectivity index (χ1n) is 34.1. The van der Waals surface area contributed by atoms with E-state index in [9.17, 15) is 4.57 Å². The highest BCUT2D eigenvalue weighted by Crippen LogP contribution is 2.53. The molecule has 77 heavy (non-hydrogen) atoms. The first-order chi connectivity index (χ1) is 37.9. The highest BCUT2D eigenvalue weighted by atomic mass is 31.2. The fraction of sp³-hybridized carbons (Fsp3) is 1.00. The Hall–Kier alpha value is -0.130. The summed E-state index contributed by atoms with van der Waals surface area (Å²) in [5, 5.41) is 0. The van der Waals surface area contributed by atoms with Gasteiger partial charge >= 0.3 is 7.82 Å². The predicted molar refractivity (Wildman–Crippen MR) is 328 cm³/mol. The Morgan fingerprint density at radius 1 is 0.221 bits per heavy atom. The molecule has 3 atom stereocenters. The van der Waals surface area contributed by atoms with Crippen LogP contribution >= 0.6 is 7.82 Å². The van der Waals surface area contributed by atoms with Crippen LogP contribution < -0.4 is 0 Å². The van der Waals surface area contributed by atoms with E-state index in [0.717, 1.165) is 19.3 Å². The molecule has 464 valence electrons. The van der Waals surface area contributed by atoms with Gasteiger partial charge in [-0.2, -0.15) is 0 Å². The van der Waals surface area contributed by atoms with Gasteiger partial charge in [-0.1, -0.05) is 310 Å². The lowest BCUT2D eigenvalue weighted by Crippen LogP contribution is -2.23. The highest BCUT2D eigenvalue weighted by molar-refractivity contribution is 7.48. The van der Waals surface area contributed by atoms with Crippen LogP contribution in [0.3, 0.4) is 0 Å². The van der Waals surface area contributed by atoms with Gasteiger partial charge < -0.3 is 28.4 Å². The van der Waals surface area contributed by atoms with Gasteiger partial charge in [0.25, 0.3) is 0 Å². The lowest BCUT2D eigenvalue weighted by atomic mass is 10.0. The average molecular weight is 1120 g/mol. The summed E-state index contributed by atoms with van der Waals surface area (Å²) in [6.45, 7) is 16.2. The molecule has 0 aliphatic heterocycles. The average Bonchev–Trinajstić information content (AvgIpc) is 3.41. The van der Waals surface area contributed by atoms with E-state index in [1.165, 1.54) is 289 Å². The van der Waals surface area contributed by atoms with Crippen molar-refractivity contribution in [3.05, 3.63) is 0 Å². The minimum Gasteiger partial charge on any atom is -0.379 e. The molecule has 0 heterocycles. The highest BCUT2D eigenvalue weighted by Gasteiger charge is 2.35. The van der Waals surface area contributed by atoms with Crippen LogP contribution in [0.4, 0.5) is 0 Å². The Labute approximate surface area is 480 Å².